The molecule has 2 heteroatoms. The molecule has 1 aliphatic carbocycles. The quantitative estimate of drug-likeness (QED) is 0.767. The second kappa shape index (κ2) is 7.60. The zero-order valence-corrected chi connectivity index (χ0v) is 13.9. The highest BCUT2D eigenvalue weighted by molar-refractivity contribution is 5.94. The average Bonchev–Trinajstić information content (AvgIpc) is 2.64. The summed E-state index contributed by atoms with van der Waals surface area (Å²) in [5, 5.41) is 0. The van der Waals surface area contributed by atoms with E-state index in [-0.39, 0.29) is 5.91 Å². The summed E-state index contributed by atoms with van der Waals surface area (Å²) in [6, 6.07) is 19.5. The van der Waals surface area contributed by atoms with E-state index in [1.54, 1.807) is 4.90 Å². The van der Waals surface area contributed by atoms with E-state index >= 15 is 0 Å². The fraction of sp³-hybridized carbons (Fsp3) is 0.136. The number of allylic oxidation sites excluding steroid dienone is 5. The molecule has 0 spiro atoms. The van der Waals surface area contributed by atoms with Gasteiger partial charge in [-0.2, -0.15) is 0 Å². The molecule has 24 heavy (non-hydrogen) atoms. The van der Waals surface area contributed by atoms with E-state index in [0.717, 1.165) is 17.6 Å². The fourth-order valence-electron chi connectivity index (χ4n) is 2.65. The van der Waals surface area contributed by atoms with Gasteiger partial charge in [0, 0.05) is 11.8 Å². The lowest BCUT2D eigenvalue weighted by molar-refractivity contribution is 0.0812. The van der Waals surface area contributed by atoms with Crippen LogP contribution in [-0.2, 0) is 6.54 Å². The molecule has 1 amide bonds. The summed E-state index contributed by atoms with van der Waals surface area (Å²) in [6.45, 7) is 2.65. The van der Waals surface area contributed by atoms with E-state index in [1.807, 2.05) is 66.9 Å². The van der Waals surface area contributed by atoms with Gasteiger partial charge in [0.1, 0.15) is 0 Å². The van der Waals surface area contributed by atoms with Gasteiger partial charge in [-0.15, -0.1) is 0 Å². The first kappa shape index (κ1) is 16.0. The van der Waals surface area contributed by atoms with E-state index < -0.39 is 0 Å². The Labute approximate surface area is 143 Å². The van der Waals surface area contributed by atoms with Crippen molar-refractivity contribution in [2.24, 2.45) is 0 Å². The highest BCUT2D eigenvalue weighted by atomic mass is 16.2. The topological polar surface area (TPSA) is 20.3 Å². The van der Waals surface area contributed by atoms with Crippen LogP contribution in [0.3, 0.4) is 0 Å². The standard InChI is InChI=1S/C22H21NO/c1-18-12-14-20(15-13-18)17-23(16-19-8-4-2-5-9-19)22(24)21-10-6-3-7-11-21/h2-14,17H,15-16H2,1H3. The molecule has 0 aliphatic heterocycles. The summed E-state index contributed by atoms with van der Waals surface area (Å²) in [5.41, 5.74) is 4.22. The van der Waals surface area contributed by atoms with E-state index in [1.165, 1.54) is 5.57 Å². The molecule has 0 unspecified atom stereocenters. The Morgan fingerprint density at radius 2 is 1.67 bits per heavy atom. The maximum atomic E-state index is 12.9. The van der Waals surface area contributed by atoms with Crippen molar-refractivity contribution in [2.45, 2.75) is 19.9 Å². The van der Waals surface area contributed by atoms with E-state index in [4.69, 9.17) is 0 Å². The molecular weight excluding hydrogens is 294 g/mol. The Morgan fingerprint density at radius 1 is 1.00 bits per heavy atom. The molecule has 0 fully saturated rings. The molecule has 2 aromatic carbocycles. The van der Waals surface area contributed by atoms with Crippen molar-refractivity contribution in [2.75, 3.05) is 0 Å². The Hall–Kier alpha value is -2.87. The van der Waals surface area contributed by atoms with E-state index in [2.05, 4.69) is 25.2 Å². The third-order valence-electron chi connectivity index (χ3n) is 4.02. The van der Waals surface area contributed by atoms with Gasteiger partial charge < -0.3 is 4.90 Å². The molecular formula is C22H21NO. The summed E-state index contributed by atoms with van der Waals surface area (Å²) in [4.78, 5) is 14.7. The SMILES string of the molecule is CC1=CCC(=CN(Cc2ccccc2)C(=O)c2ccccc2)C=C1. The van der Waals surface area contributed by atoms with Gasteiger partial charge >= 0.3 is 0 Å². The van der Waals surface area contributed by atoms with Crippen LogP contribution in [0.15, 0.2) is 96.2 Å². The third-order valence-corrected chi connectivity index (χ3v) is 4.02. The van der Waals surface area contributed by atoms with Crippen LogP contribution in [0, 0.1) is 0 Å². The van der Waals surface area contributed by atoms with Crippen molar-refractivity contribution in [1.82, 2.24) is 4.90 Å². The first-order valence-electron chi connectivity index (χ1n) is 8.18. The largest absolute Gasteiger partial charge is 0.310 e. The van der Waals surface area contributed by atoms with Crippen LogP contribution in [0.2, 0.25) is 0 Å². The van der Waals surface area contributed by atoms with Crippen LogP contribution >= 0.6 is 0 Å². The Kier molecular flexibility index (Phi) is 5.07. The second-order valence-electron chi connectivity index (χ2n) is 5.97. The molecule has 0 saturated carbocycles. The summed E-state index contributed by atoms with van der Waals surface area (Å²) in [5.74, 6) is 0.0200. The van der Waals surface area contributed by atoms with Crippen molar-refractivity contribution in [3.05, 3.63) is 107 Å². The van der Waals surface area contributed by atoms with Gasteiger partial charge in [-0.25, -0.2) is 0 Å². The van der Waals surface area contributed by atoms with Crippen molar-refractivity contribution < 1.29 is 4.79 Å². The predicted octanol–water partition coefficient (Wildman–Crippen LogP) is 5.12. The van der Waals surface area contributed by atoms with E-state index in [9.17, 15) is 4.79 Å². The lowest BCUT2D eigenvalue weighted by Crippen LogP contribution is -2.26. The molecule has 120 valence electrons. The Balaban J connectivity index is 1.88. The minimum Gasteiger partial charge on any atom is -0.310 e. The van der Waals surface area contributed by atoms with Crippen LogP contribution in [0.1, 0.15) is 29.3 Å². The Morgan fingerprint density at radius 3 is 2.29 bits per heavy atom. The predicted molar refractivity (Wildman–Crippen MR) is 98.4 cm³/mol. The zero-order chi connectivity index (χ0) is 16.8. The maximum Gasteiger partial charge on any atom is 0.258 e. The number of hydrogen-bond donors (Lipinski definition) is 0. The number of carbonyl (C=O) groups excluding carboxylic acids is 1. The van der Waals surface area contributed by atoms with Gasteiger partial charge in [-0.3, -0.25) is 4.79 Å². The molecule has 0 heterocycles. The smallest absolute Gasteiger partial charge is 0.258 e. The first-order chi connectivity index (χ1) is 11.7. The molecule has 2 aromatic rings. The number of benzene rings is 2. The van der Waals surface area contributed by atoms with Crippen molar-refractivity contribution in [1.29, 1.82) is 0 Å². The Bertz CT molecular complexity index is 785. The van der Waals surface area contributed by atoms with Crippen LogP contribution in [0.4, 0.5) is 0 Å². The van der Waals surface area contributed by atoms with Gasteiger partial charge in [0.2, 0.25) is 0 Å². The minimum absolute atomic E-state index is 0.0200. The second-order valence-corrected chi connectivity index (χ2v) is 5.97. The maximum absolute atomic E-state index is 12.9. The van der Waals surface area contributed by atoms with Gasteiger partial charge in [0.05, 0.1) is 6.54 Å². The highest BCUT2D eigenvalue weighted by Gasteiger charge is 2.15. The number of rotatable bonds is 4. The summed E-state index contributed by atoms with van der Waals surface area (Å²) >= 11 is 0. The monoisotopic (exact) mass is 315 g/mol. The molecule has 0 radical (unpaired) electrons. The van der Waals surface area contributed by atoms with Gasteiger partial charge in [0.15, 0.2) is 0 Å². The van der Waals surface area contributed by atoms with Crippen molar-refractivity contribution in [3.63, 3.8) is 0 Å². The lowest BCUT2D eigenvalue weighted by atomic mass is 10.0. The third kappa shape index (κ3) is 4.11. The number of carbonyl (C=O) groups is 1. The number of hydrogen-bond acceptors (Lipinski definition) is 1. The molecule has 0 atom stereocenters. The van der Waals surface area contributed by atoms with Gasteiger partial charge in [0.25, 0.3) is 5.91 Å². The molecule has 3 rings (SSSR count). The fourth-order valence-corrected chi connectivity index (χ4v) is 2.65. The molecule has 0 saturated heterocycles. The average molecular weight is 315 g/mol. The molecule has 2 nitrogen and oxygen atoms in total. The lowest BCUT2D eigenvalue weighted by Gasteiger charge is -2.21. The van der Waals surface area contributed by atoms with Crippen molar-refractivity contribution in [3.8, 4) is 0 Å². The molecule has 0 bridgehead atoms. The van der Waals surface area contributed by atoms with Crippen LogP contribution in [0.5, 0.6) is 0 Å². The zero-order valence-electron chi connectivity index (χ0n) is 13.9. The van der Waals surface area contributed by atoms with Crippen LogP contribution < -0.4 is 0 Å². The van der Waals surface area contributed by atoms with Crippen LogP contribution in [0.25, 0.3) is 0 Å². The van der Waals surface area contributed by atoms with E-state index in [0.29, 0.717) is 12.1 Å². The summed E-state index contributed by atoms with van der Waals surface area (Å²) < 4.78 is 0. The minimum atomic E-state index is 0.0200. The number of nitrogens with zero attached hydrogens (tertiary/aromatic N) is 1. The van der Waals surface area contributed by atoms with Crippen molar-refractivity contribution >= 4 is 5.91 Å². The summed E-state index contributed by atoms with van der Waals surface area (Å²) in [7, 11) is 0. The summed E-state index contributed by atoms with van der Waals surface area (Å²) in [6.07, 6.45) is 9.19. The highest BCUT2D eigenvalue weighted by Crippen LogP contribution is 2.18. The molecule has 1 aliphatic rings. The van der Waals surface area contributed by atoms with Gasteiger partial charge in [-0.1, -0.05) is 72.3 Å². The first-order valence-corrected chi connectivity index (χ1v) is 8.18. The normalized spacial score (nSPS) is 15.2. The van der Waals surface area contributed by atoms with Crippen LogP contribution in [-0.4, -0.2) is 10.8 Å². The molecule has 0 aromatic heterocycles. The van der Waals surface area contributed by atoms with Gasteiger partial charge in [-0.05, 0) is 36.6 Å². The number of amides is 1. The molecule has 0 N–H and O–H groups in total.